The monoisotopic (exact) mass is 488 g/mol. The van der Waals surface area contributed by atoms with Gasteiger partial charge in [0.1, 0.15) is 22.6 Å². The average molecular weight is 489 g/mol. The van der Waals surface area contributed by atoms with Crippen LogP contribution in [-0.4, -0.2) is 20.9 Å². The molecule has 176 valence electrons. The van der Waals surface area contributed by atoms with Crippen LogP contribution in [0, 0.1) is 5.82 Å². The minimum Gasteiger partial charge on any atom is -0.451 e. The van der Waals surface area contributed by atoms with E-state index in [9.17, 15) is 9.18 Å². The Morgan fingerprint density at radius 3 is 2.57 bits per heavy atom. The second-order valence-corrected chi connectivity index (χ2v) is 8.62. The molecule has 0 bridgehead atoms. The summed E-state index contributed by atoms with van der Waals surface area (Å²) in [5, 5.41) is 11.9. The van der Waals surface area contributed by atoms with Gasteiger partial charge in [0.05, 0.1) is 10.7 Å². The van der Waals surface area contributed by atoms with E-state index in [2.05, 4.69) is 34.6 Å². The van der Waals surface area contributed by atoms with Crippen molar-refractivity contribution in [2.75, 3.05) is 5.32 Å². The fourth-order valence-corrected chi connectivity index (χ4v) is 3.92. The lowest BCUT2D eigenvalue weighted by atomic mass is 10.1. The molecule has 0 radical (unpaired) electrons. The number of aryl methyl sites for hydroxylation is 1. The van der Waals surface area contributed by atoms with Gasteiger partial charge < -0.3 is 9.73 Å². The standard InChI is InChI=1S/C27H22ClFN4O2/c1-2-3-4-17-5-9-20(10-6-17)33-31-23-12-8-19(16-24(23)32-33)30-27(34)26-14-13-25(35-26)18-7-11-22(29)21(28)15-18/h5-16H,2-4H2,1H3,(H,30,34). The van der Waals surface area contributed by atoms with Crippen LogP contribution >= 0.6 is 11.6 Å². The number of furan rings is 1. The molecular formula is C27H22ClFN4O2. The number of hydrogen-bond acceptors (Lipinski definition) is 4. The van der Waals surface area contributed by atoms with Gasteiger partial charge in [-0.05, 0) is 79.1 Å². The van der Waals surface area contributed by atoms with Crippen LogP contribution in [0.5, 0.6) is 0 Å². The Kier molecular flexibility index (Phi) is 6.33. The molecule has 0 saturated heterocycles. The first-order valence-electron chi connectivity index (χ1n) is 11.3. The van der Waals surface area contributed by atoms with E-state index >= 15 is 0 Å². The fourth-order valence-electron chi connectivity index (χ4n) is 3.74. The van der Waals surface area contributed by atoms with Crippen molar-refractivity contribution >= 4 is 34.2 Å². The third kappa shape index (κ3) is 4.95. The molecule has 5 aromatic rings. The topological polar surface area (TPSA) is 73.0 Å². The summed E-state index contributed by atoms with van der Waals surface area (Å²) in [7, 11) is 0. The largest absolute Gasteiger partial charge is 0.451 e. The number of nitrogens with one attached hydrogen (secondary N) is 1. The van der Waals surface area contributed by atoms with Crippen LogP contribution in [-0.2, 0) is 6.42 Å². The summed E-state index contributed by atoms with van der Waals surface area (Å²) in [5.41, 5.74) is 4.67. The van der Waals surface area contributed by atoms with Crippen LogP contribution in [0.25, 0.3) is 28.0 Å². The van der Waals surface area contributed by atoms with Gasteiger partial charge in [-0.2, -0.15) is 4.80 Å². The minimum absolute atomic E-state index is 0.0151. The normalized spacial score (nSPS) is 11.2. The molecular weight excluding hydrogens is 467 g/mol. The second kappa shape index (κ2) is 9.72. The highest BCUT2D eigenvalue weighted by atomic mass is 35.5. The molecule has 0 fully saturated rings. The number of nitrogens with zero attached hydrogens (tertiary/aromatic N) is 3. The molecule has 0 aliphatic heterocycles. The zero-order chi connectivity index (χ0) is 24.4. The van der Waals surface area contributed by atoms with Crippen molar-refractivity contribution in [3.8, 4) is 17.0 Å². The van der Waals surface area contributed by atoms with Gasteiger partial charge in [0.25, 0.3) is 5.91 Å². The van der Waals surface area contributed by atoms with Gasteiger partial charge in [0.15, 0.2) is 5.76 Å². The predicted octanol–water partition coefficient (Wildman–Crippen LogP) is 7.07. The summed E-state index contributed by atoms with van der Waals surface area (Å²) in [6, 6.07) is 21.0. The van der Waals surface area contributed by atoms with Gasteiger partial charge in [-0.1, -0.05) is 37.1 Å². The molecule has 0 aliphatic carbocycles. The van der Waals surface area contributed by atoms with Gasteiger partial charge >= 0.3 is 0 Å². The quantitative estimate of drug-likeness (QED) is 0.266. The lowest BCUT2D eigenvalue weighted by molar-refractivity contribution is 0.0997. The Labute approximate surface area is 206 Å². The van der Waals surface area contributed by atoms with Crippen LogP contribution in [0.3, 0.4) is 0 Å². The second-order valence-electron chi connectivity index (χ2n) is 8.21. The smallest absolute Gasteiger partial charge is 0.291 e. The number of rotatable bonds is 7. The predicted molar refractivity (Wildman–Crippen MR) is 135 cm³/mol. The highest BCUT2D eigenvalue weighted by Crippen LogP contribution is 2.27. The maximum atomic E-state index is 13.4. The number of benzene rings is 3. The summed E-state index contributed by atoms with van der Waals surface area (Å²) >= 11 is 5.85. The van der Waals surface area contributed by atoms with Gasteiger partial charge in [-0.3, -0.25) is 4.79 Å². The Bertz CT molecular complexity index is 1510. The number of carbonyl (C=O) groups excluding carboxylic acids is 1. The van der Waals surface area contributed by atoms with Crippen molar-refractivity contribution in [2.45, 2.75) is 26.2 Å². The molecule has 0 aliphatic rings. The number of aromatic nitrogens is 3. The first-order chi connectivity index (χ1) is 17.0. The van der Waals surface area contributed by atoms with Gasteiger partial charge in [-0.25, -0.2) is 4.39 Å². The Morgan fingerprint density at radius 1 is 1.00 bits per heavy atom. The summed E-state index contributed by atoms with van der Waals surface area (Å²) in [6.45, 7) is 2.18. The van der Waals surface area contributed by atoms with Crippen LogP contribution < -0.4 is 5.32 Å². The highest BCUT2D eigenvalue weighted by Gasteiger charge is 2.15. The molecule has 3 aromatic carbocycles. The maximum Gasteiger partial charge on any atom is 0.291 e. The molecule has 0 spiro atoms. The number of anilines is 1. The number of amides is 1. The molecule has 2 heterocycles. The molecule has 35 heavy (non-hydrogen) atoms. The molecule has 8 heteroatoms. The van der Waals surface area contributed by atoms with Crippen molar-refractivity contribution in [1.29, 1.82) is 0 Å². The number of hydrogen-bond donors (Lipinski definition) is 1. The molecule has 2 aromatic heterocycles. The fraction of sp³-hybridized carbons (Fsp3) is 0.148. The summed E-state index contributed by atoms with van der Waals surface area (Å²) in [4.78, 5) is 14.3. The third-order valence-corrected chi connectivity index (χ3v) is 5.95. The minimum atomic E-state index is -0.517. The first-order valence-corrected chi connectivity index (χ1v) is 11.7. The van der Waals surface area contributed by atoms with Gasteiger partial charge in [0, 0.05) is 11.3 Å². The van der Waals surface area contributed by atoms with Crippen LogP contribution in [0.4, 0.5) is 10.1 Å². The van der Waals surface area contributed by atoms with Crippen molar-refractivity contribution in [3.05, 3.63) is 95.0 Å². The average Bonchev–Trinajstić information content (AvgIpc) is 3.52. The Morgan fingerprint density at radius 2 is 1.80 bits per heavy atom. The van der Waals surface area contributed by atoms with Gasteiger partial charge in [0.2, 0.25) is 0 Å². The molecule has 6 nitrogen and oxygen atoms in total. The number of unbranched alkanes of at least 4 members (excludes halogenated alkanes) is 1. The maximum absolute atomic E-state index is 13.4. The summed E-state index contributed by atoms with van der Waals surface area (Å²) < 4.78 is 19.1. The van der Waals surface area contributed by atoms with E-state index in [-0.39, 0.29) is 10.8 Å². The van der Waals surface area contributed by atoms with Crippen molar-refractivity contribution in [1.82, 2.24) is 15.0 Å². The summed E-state index contributed by atoms with van der Waals surface area (Å²) in [5.74, 6) is -0.404. The van der Waals surface area contributed by atoms with Crippen molar-refractivity contribution in [3.63, 3.8) is 0 Å². The summed E-state index contributed by atoms with van der Waals surface area (Å²) in [6.07, 6.45) is 3.39. The van der Waals surface area contributed by atoms with Crippen LogP contribution in [0.1, 0.15) is 35.9 Å². The third-order valence-electron chi connectivity index (χ3n) is 5.66. The van der Waals surface area contributed by atoms with E-state index in [4.69, 9.17) is 16.0 Å². The van der Waals surface area contributed by atoms with Crippen molar-refractivity contribution < 1.29 is 13.6 Å². The molecule has 0 unspecified atom stereocenters. The number of carbonyl (C=O) groups is 1. The lowest BCUT2D eigenvalue weighted by Gasteiger charge is -2.03. The zero-order valence-corrected chi connectivity index (χ0v) is 19.7. The van der Waals surface area contributed by atoms with E-state index in [0.717, 1.165) is 24.9 Å². The van der Waals surface area contributed by atoms with E-state index in [1.165, 1.54) is 23.8 Å². The first kappa shape index (κ1) is 22.8. The highest BCUT2D eigenvalue weighted by molar-refractivity contribution is 6.31. The SMILES string of the molecule is CCCCc1ccc(-n2nc3ccc(NC(=O)c4ccc(-c5ccc(F)c(Cl)c5)o4)cc3n2)cc1. The molecule has 1 N–H and O–H groups in total. The Hall–Kier alpha value is -3.97. The van der Waals surface area contributed by atoms with Crippen LogP contribution in [0.15, 0.2) is 77.2 Å². The molecule has 1 amide bonds. The van der Waals surface area contributed by atoms with Crippen LogP contribution in [0.2, 0.25) is 5.02 Å². The molecule has 0 atom stereocenters. The number of halogens is 2. The lowest BCUT2D eigenvalue weighted by Crippen LogP contribution is -2.10. The zero-order valence-electron chi connectivity index (χ0n) is 19.0. The number of fused-ring (bicyclic) bond motifs is 1. The van der Waals surface area contributed by atoms with E-state index in [1.807, 2.05) is 12.1 Å². The molecule has 0 saturated carbocycles. The Balaban J connectivity index is 1.31. The van der Waals surface area contributed by atoms with E-state index in [1.54, 1.807) is 35.1 Å². The van der Waals surface area contributed by atoms with E-state index < -0.39 is 11.7 Å². The van der Waals surface area contributed by atoms with E-state index in [0.29, 0.717) is 28.0 Å². The van der Waals surface area contributed by atoms with Crippen molar-refractivity contribution in [2.24, 2.45) is 0 Å². The van der Waals surface area contributed by atoms with Gasteiger partial charge in [-0.15, -0.1) is 10.2 Å². The molecule has 5 rings (SSSR count).